The minimum Gasteiger partial charge on any atom is -0.335 e. The number of benzene rings is 2. The van der Waals surface area contributed by atoms with Gasteiger partial charge in [-0.15, -0.1) is 6.58 Å². The summed E-state index contributed by atoms with van der Waals surface area (Å²) >= 11 is 3.49. The third-order valence-electron chi connectivity index (χ3n) is 3.59. The Hall–Kier alpha value is -1.94. The quantitative estimate of drug-likeness (QED) is 0.640. The zero-order chi connectivity index (χ0) is 16.7. The zero-order valence-corrected chi connectivity index (χ0v) is 14.4. The fourth-order valence-corrected chi connectivity index (χ4v) is 2.83. The van der Waals surface area contributed by atoms with Crippen molar-refractivity contribution in [2.24, 2.45) is 0 Å². The van der Waals surface area contributed by atoms with E-state index in [0.29, 0.717) is 24.9 Å². The van der Waals surface area contributed by atoms with Crippen LogP contribution in [0.5, 0.6) is 0 Å². The van der Waals surface area contributed by atoms with Gasteiger partial charge in [0.1, 0.15) is 5.82 Å². The average Bonchev–Trinajstić information content (AvgIpc) is 2.55. The number of carbonyl (C=O) groups excluding carboxylic acids is 1. The molecule has 0 aromatic heterocycles. The summed E-state index contributed by atoms with van der Waals surface area (Å²) in [6.45, 7) is 4.35. The molecule has 0 heterocycles. The molecule has 0 bridgehead atoms. The molecular weight excluding hydrogens is 357 g/mol. The number of nitrogens with zero attached hydrogens (tertiary/aromatic N) is 1. The molecule has 0 fully saturated rings. The molecule has 23 heavy (non-hydrogen) atoms. The van der Waals surface area contributed by atoms with Gasteiger partial charge in [-0.1, -0.05) is 58.4 Å². The molecule has 0 aliphatic carbocycles. The molecule has 2 rings (SSSR count). The molecule has 0 saturated carbocycles. The molecule has 0 radical (unpaired) electrons. The maximum absolute atomic E-state index is 13.8. The number of halogens is 2. The molecule has 2 aromatic rings. The number of amides is 1. The van der Waals surface area contributed by atoms with Gasteiger partial charge in [0.2, 0.25) is 5.91 Å². The van der Waals surface area contributed by atoms with Crippen LogP contribution in [0.4, 0.5) is 4.39 Å². The van der Waals surface area contributed by atoms with Gasteiger partial charge in [-0.3, -0.25) is 4.79 Å². The molecule has 1 amide bonds. The SMILES string of the molecule is C=CCN(Cc1ccccc1F)C(=O)CCc1ccccc1Br. The molecular formula is C19H19BrFNO. The van der Waals surface area contributed by atoms with Crippen LogP contribution in [-0.4, -0.2) is 17.4 Å². The van der Waals surface area contributed by atoms with Crippen molar-refractivity contribution >= 4 is 21.8 Å². The number of rotatable bonds is 7. The fraction of sp³-hybridized carbons (Fsp3) is 0.211. The van der Waals surface area contributed by atoms with Crippen molar-refractivity contribution in [2.75, 3.05) is 6.54 Å². The summed E-state index contributed by atoms with van der Waals surface area (Å²) in [4.78, 5) is 14.1. The van der Waals surface area contributed by atoms with Gasteiger partial charge < -0.3 is 4.90 Å². The van der Waals surface area contributed by atoms with Gasteiger partial charge in [0.25, 0.3) is 0 Å². The van der Waals surface area contributed by atoms with Crippen molar-refractivity contribution in [1.82, 2.24) is 4.90 Å². The zero-order valence-electron chi connectivity index (χ0n) is 12.8. The molecule has 4 heteroatoms. The first kappa shape index (κ1) is 17.4. The highest BCUT2D eigenvalue weighted by Crippen LogP contribution is 2.18. The van der Waals surface area contributed by atoms with Crippen molar-refractivity contribution in [2.45, 2.75) is 19.4 Å². The van der Waals surface area contributed by atoms with Crippen LogP contribution in [0.2, 0.25) is 0 Å². The first-order valence-corrected chi connectivity index (χ1v) is 8.26. The van der Waals surface area contributed by atoms with Gasteiger partial charge in [-0.2, -0.15) is 0 Å². The van der Waals surface area contributed by atoms with E-state index in [1.807, 2.05) is 24.3 Å². The number of hydrogen-bond acceptors (Lipinski definition) is 1. The summed E-state index contributed by atoms with van der Waals surface area (Å²) < 4.78 is 14.8. The van der Waals surface area contributed by atoms with Gasteiger partial charge in [-0.25, -0.2) is 4.39 Å². The monoisotopic (exact) mass is 375 g/mol. The maximum Gasteiger partial charge on any atom is 0.223 e. The van der Waals surface area contributed by atoms with E-state index in [9.17, 15) is 9.18 Å². The van der Waals surface area contributed by atoms with E-state index < -0.39 is 0 Å². The summed E-state index contributed by atoms with van der Waals surface area (Å²) in [5, 5.41) is 0. The molecule has 0 unspecified atom stereocenters. The molecule has 0 aliphatic heterocycles. The van der Waals surface area contributed by atoms with Crippen LogP contribution in [0.3, 0.4) is 0 Å². The lowest BCUT2D eigenvalue weighted by molar-refractivity contribution is -0.131. The second-order valence-electron chi connectivity index (χ2n) is 5.25. The van der Waals surface area contributed by atoms with E-state index >= 15 is 0 Å². The molecule has 0 spiro atoms. The predicted molar refractivity (Wildman–Crippen MR) is 94.5 cm³/mol. The number of hydrogen-bond donors (Lipinski definition) is 0. The van der Waals surface area contributed by atoms with Gasteiger partial charge in [0.05, 0.1) is 0 Å². The molecule has 0 saturated heterocycles. The summed E-state index contributed by atoms with van der Waals surface area (Å²) in [5.74, 6) is -0.302. The van der Waals surface area contributed by atoms with Crippen LogP contribution in [-0.2, 0) is 17.8 Å². The number of aryl methyl sites for hydroxylation is 1. The van der Waals surface area contributed by atoms with Gasteiger partial charge in [-0.05, 0) is 24.1 Å². The van der Waals surface area contributed by atoms with Gasteiger partial charge in [0.15, 0.2) is 0 Å². The Balaban J connectivity index is 2.02. The molecule has 0 N–H and O–H groups in total. The second kappa shape index (κ2) is 8.63. The van der Waals surface area contributed by atoms with E-state index in [1.165, 1.54) is 6.07 Å². The van der Waals surface area contributed by atoms with Crippen LogP contribution in [0.15, 0.2) is 65.7 Å². The van der Waals surface area contributed by atoms with E-state index in [0.717, 1.165) is 10.0 Å². The Bertz CT molecular complexity index is 687. The third kappa shape index (κ3) is 5.03. The van der Waals surface area contributed by atoms with Crippen LogP contribution < -0.4 is 0 Å². The Labute approximate surface area is 144 Å². The predicted octanol–water partition coefficient (Wildman–Crippen LogP) is 4.74. The first-order chi connectivity index (χ1) is 11.1. The van der Waals surface area contributed by atoms with Crippen molar-refractivity contribution in [3.05, 3.63) is 82.6 Å². The Morgan fingerprint density at radius 2 is 1.78 bits per heavy atom. The smallest absolute Gasteiger partial charge is 0.223 e. The first-order valence-electron chi connectivity index (χ1n) is 7.47. The summed E-state index contributed by atoms with van der Waals surface area (Å²) in [6, 6.07) is 14.4. The minimum absolute atomic E-state index is 0.0103. The lowest BCUT2D eigenvalue weighted by Gasteiger charge is -2.21. The molecule has 0 aliphatic rings. The highest BCUT2D eigenvalue weighted by atomic mass is 79.9. The molecule has 2 nitrogen and oxygen atoms in total. The van der Waals surface area contributed by atoms with E-state index in [2.05, 4.69) is 22.5 Å². The largest absolute Gasteiger partial charge is 0.335 e. The minimum atomic E-state index is -0.292. The molecule has 2 aromatic carbocycles. The lowest BCUT2D eigenvalue weighted by atomic mass is 10.1. The molecule has 120 valence electrons. The Kier molecular flexibility index (Phi) is 6.53. The lowest BCUT2D eigenvalue weighted by Crippen LogP contribution is -2.31. The van der Waals surface area contributed by atoms with Gasteiger partial charge in [0, 0.05) is 29.5 Å². The summed E-state index contributed by atoms with van der Waals surface area (Å²) in [7, 11) is 0. The Morgan fingerprint density at radius 3 is 2.43 bits per heavy atom. The van der Waals surface area contributed by atoms with Crippen LogP contribution in [0.1, 0.15) is 17.5 Å². The van der Waals surface area contributed by atoms with Crippen LogP contribution >= 0.6 is 15.9 Å². The number of carbonyl (C=O) groups is 1. The topological polar surface area (TPSA) is 20.3 Å². The van der Waals surface area contributed by atoms with Crippen LogP contribution in [0.25, 0.3) is 0 Å². The van der Waals surface area contributed by atoms with E-state index in [4.69, 9.17) is 0 Å². The second-order valence-corrected chi connectivity index (χ2v) is 6.10. The maximum atomic E-state index is 13.8. The summed E-state index contributed by atoms with van der Waals surface area (Å²) in [5.41, 5.74) is 1.61. The summed E-state index contributed by atoms with van der Waals surface area (Å²) in [6.07, 6.45) is 2.69. The normalized spacial score (nSPS) is 10.3. The van der Waals surface area contributed by atoms with Crippen molar-refractivity contribution in [3.63, 3.8) is 0 Å². The van der Waals surface area contributed by atoms with Crippen molar-refractivity contribution in [1.29, 1.82) is 0 Å². The average molecular weight is 376 g/mol. The highest BCUT2D eigenvalue weighted by Gasteiger charge is 2.15. The third-order valence-corrected chi connectivity index (χ3v) is 4.36. The van der Waals surface area contributed by atoms with E-state index in [-0.39, 0.29) is 18.3 Å². The van der Waals surface area contributed by atoms with Crippen LogP contribution in [0, 0.1) is 5.82 Å². The fourth-order valence-electron chi connectivity index (χ4n) is 2.34. The molecule has 0 atom stereocenters. The van der Waals surface area contributed by atoms with E-state index in [1.54, 1.807) is 29.2 Å². The standard InChI is InChI=1S/C19H19BrFNO/c1-2-13-22(14-16-8-4-6-10-18(16)21)19(23)12-11-15-7-3-5-9-17(15)20/h2-10H,1,11-14H2. The highest BCUT2D eigenvalue weighted by molar-refractivity contribution is 9.10. The van der Waals surface area contributed by atoms with Crippen molar-refractivity contribution in [3.8, 4) is 0 Å². The Morgan fingerprint density at radius 1 is 1.13 bits per heavy atom. The van der Waals surface area contributed by atoms with Gasteiger partial charge >= 0.3 is 0 Å². The van der Waals surface area contributed by atoms with Crippen molar-refractivity contribution < 1.29 is 9.18 Å².